The van der Waals surface area contributed by atoms with Gasteiger partial charge in [-0.1, -0.05) is 43.1 Å². The molecular formula is C19H24Cl2N4O. The Morgan fingerprint density at radius 1 is 1.15 bits per heavy atom. The van der Waals surface area contributed by atoms with Gasteiger partial charge >= 0.3 is 0 Å². The molecule has 0 spiro atoms. The minimum atomic E-state index is -0.229. The number of rotatable bonds is 8. The van der Waals surface area contributed by atoms with Gasteiger partial charge in [-0.25, -0.2) is 9.97 Å². The largest absolute Gasteiger partial charge is 0.354 e. The number of halogens is 2. The summed E-state index contributed by atoms with van der Waals surface area (Å²) in [4.78, 5) is 21.0. The average molecular weight is 395 g/mol. The molecule has 2 aromatic rings. The maximum atomic E-state index is 12.4. The van der Waals surface area contributed by atoms with Crippen LogP contribution >= 0.6 is 23.2 Å². The third-order valence-electron chi connectivity index (χ3n) is 3.79. The van der Waals surface area contributed by atoms with E-state index < -0.39 is 0 Å². The van der Waals surface area contributed by atoms with Crippen molar-refractivity contribution in [2.24, 2.45) is 5.92 Å². The van der Waals surface area contributed by atoms with Gasteiger partial charge < -0.3 is 10.6 Å². The van der Waals surface area contributed by atoms with E-state index in [0.29, 0.717) is 40.6 Å². The highest BCUT2D eigenvalue weighted by molar-refractivity contribution is 6.35. The molecule has 0 atom stereocenters. The van der Waals surface area contributed by atoms with E-state index >= 15 is 0 Å². The van der Waals surface area contributed by atoms with Gasteiger partial charge in [0.1, 0.15) is 5.69 Å². The number of amides is 1. The van der Waals surface area contributed by atoms with E-state index in [0.717, 1.165) is 24.2 Å². The molecule has 1 aromatic carbocycles. The Balaban J connectivity index is 1.92. The Bertz CT molecular complexity index is 765. The summed E-state index contributed by atoms with van der Waals surface area (Å²) >= 11 is 12.0. The van der Waals surface area contributed by atoms with Gasteiger partial charge in [0.15, 0.2) is 0 Å². The van der Waals surface area contributed by atoms with Crippen LogP contribution < -0.4 is 10.6 Å². The molecule has 1 heterocycles. The van der Waals surface area contributed by atoms with Crippen molar-refractivity contribution in [3.8, 4) is 0 Å². The Kier molecular flexibility index (Phi) is 7.66. The van der Waals surface area contributed by atoms with Gasteiger partial charge in [-0.3, -0.25) is 4.79 Å². The molecule has 0 saturated heterocycles. The molecule has 0 saturated carbocycles. The topological polar surface area (TPSA) is 66.9 Å². The lowest BCUT2D eigenvalue weighted by Gasteiger charge is -2.10. The van der Waals surface area contributed by atoms with Crippen molar-refractivity contribution in [1.29, 1.82) is 0 Å². The monoisotopic (exact) mass is 394 g/mol. The predicted molar refractivity (Wildman–Crippen MR) is 107 cm³/mol. The van der Waals surface area contributed by atoms with Gasteiger partial charge in [0.05, 0.1) is 0 Å². The lowest BCUT2D eigenvalue weighted by molar-refractivity contribution is 0.0949. The normalized spacial score (nSPS) is 10.8. The number of anilines is 1. The Morgan fingerprint density at radius 2 is 1.92 bits per heavy atom. The number of nitrogens with one attached hydrogen (secondary N) is 2. The molecule has 0 aliphatic carbocycles. The van der Waals surface area contributed by atoms with Crippen molar-refractivity contribution in [3.05, 3.63) is 51.3 Å². The fourth-order valence-electron chi connectivity index (χ4n) is 2.36. The molecule has 140 valence electrons. The summed E-state index contributed by atoms with van der Waals surface area (Å²) in [5.74, 6) is 0.846. The zero-order valence-electron chi connectivity index (χ0n) is 15.3. The predicted octanol–water partition coefficient (Wildman–Crippen LogP) is 4.52. The van der Waals surface area contributed by atoms with Gasteiger partial charge in [0, 0.05) is 28.8 Å². The second kappa shape index (κ2) is 9.74. The summed E-state index contributed by atoms with van der Waals surface area (Å²) in [6.07, 6.45) is 1.63. The van der Waals surface area contributed by atoms with E-state index in [-0.39, 0.29) is 5.91 Å². The van der Waals surface area contributed by atoms with E-state index in [4.69, 9.17) is 23.2 Å². The maximum Gasteiger partial charge on any atom is 0.270 e. The van der Waals surface area contributed by atoms with E-state index in [2.05, 4.69) is 34.4 Å². The van der Waals surface area contributed by atoms with Gasteiger partial charge in [0.2, 0.25) is 5.95 Å². The molecule has 2 rings (SSSR count). The summed E-state index contributed by atoms with van der Waals surface area (Å²) < 4.78 is 0. The second-order valence-electron chi connectivity index (χ2n) is 6.57. The van der Waals surface area contributed by atoms with Crippen molar-refractivity contribution < 1.29 is 4.79 Å². The maximum absolute atomic E-state index is 12.4. The first-order valence-electron chi connectivity index (χ1n) is 8.67. The Morgan fingerprint density at radius 3 is 2.62 bits per heavy atom. The fourth-order valence-corrected chi connectivity index (χ4v) is 2.87. The highest BCUT2D eigenvalue weighted by Crippen LogP contribution is 2.21. The smallest absolute Gasteiger partial charge is 0.270 e. The number of benzene rings is 1. The van der Waals surface area contributed by atoms with Crippen molar-refractivity contribution in [2.75, 3.05) is 18.4 Å². The number of aromatic nitrogens is 2. The number of carbonyl (C=O) groups excluding carboxylic acids is 1. The standard InChI is InChI=1S/C19H24Cl2N4O/c1-12(2)6-8-23-19-24-13(3)10-17(25-19)18(26)22-9-7-14-4-5-15(20)11-16(14)21/h4-5,10-12H,6-9H2,1-3H3,(H,22,26)(H,23,24,25). The van der Waals surface area contributed by atoms with Crippen molar-refractivity contribution in [2.45, 2.75) is 33.6 Å². The van der Waals surface area contributed by atoms with Crippen LogP contribution in [-0.4, -0.2) is 29.0 Å². The summed E-state index contributed by atoms with van der Waals surface area (Å²) in [5, 5.41) is 7.24. The third kappa shape index (κ3) is 6.46. The first kappa shape index (κ1) is 20.5. The molecule has 0 unspecified atom stereocenters. The van der Waals surface area contributed by atoms with Crippen LogP contribution in [0.4, 0.5) is 5.95 Å². The Labute approximate surface area is 164 Å². The number of aryl methyl sites for hydroxylation is 1. The van der Waals surface area contributed by atoms with Crippen molar-refractivity contribution in [1.82, 2.24) is 15.3 Å². The number of carbonyl (C=O) groups is 1. The van der Waals surface area contributed by atoms with Gasteiger partial charge in [0.25, 0.3) is 5.91 Å². The summed E-state index contributed by atoms with van der Waals surface area (Å²) in [6, 6.07) is 7.03. The quantitative estimate of drug-likeness (QED) is 0.690. The summed E-state index contributed by atoms with van der Waals surface area (Å²) in [6.45, 7) is 7.39. The van der Waals surface area contributed by atoms with Gasteiger partial charge in [-0.15, -0.1) is 0 Å². The average Bonchev–Trinajstić information content (AvgIpc) is 2.56. The molecule has 0 fully saturated rings. The molecule has 5 nitrogen and oxygen atoms in total. The number of hydrogen-bond acceptors (Lipinski definition) is 4. The highest BCUT2D eigenvalue weighted by atomic mass is 35.5. The van der Waals surface area contributed by atoms with E-state index in [1.165, 1.54) is 0 Å². The molecular weight excluding hydrogens is 371 g/mol. The van der Waals surface area contributed by atoms with Gasteiger partial charge in [-0.2, -0.15) is 0 Å². The fraction of sp³-hybridized carbons (Fsp3) is 0.421. The van der Waals surface area contributed by atoms with Crippen LogP contribution in [0.1, 0.15) is 42.0 Å². The van der Waals surface area contributed by atoms with Crippen LogP contribution in [-0.2, 0) is 6.42 Å². The zero-order valence-corrected chi connectivity index (χ0v) is 16.8. The highest BCUT2D eigenvalue weighted by Gasteiger charge is 2.11. The van der Waals surface area contributed by atoms with Crippen molar-refractivity contribution >= 4 is 35.1 Å². The number of hydrogen-bond donors (Lipinski definition) is 2. The van der Waals surface area contributed by atoms with Crippen molar-refractivity contribution in [3.63, 3.8) is 0 Å². The van der Waals surface area contributed by atoms with Crippen LogP contribution in [0.2, 0.25) is 10.0 Å². The second-order valence-corrected chi connectivity index (χ2v) is 7.41. The molecule has 1 amide bonds. The molecule has 0 radical (unpaired) electrons. The van der Waals surface area contributed by atoms with Crippen LogP contribution in [0.25, 0.3) is 0 Å². The van der Waals surface area contributed by atoms with E-state index in [1.807, 2.05) is 13.0 Å². The molecule has 0 aliphatic rings. The van der Waals surface area contributed by atoms with Gasteiger partial charge in [-0.05, 0) is 49.4 Å². The lowest BCUT2D eigenvalue weighted by Crippen LogP contribution is -2.27. The first-order valence-corrected chi connectivity index (χ1v) is 9.42. The first-order chi connectivity index (χ1) is 12.3. The van der Waals surface area contributed by atoms with E-state index in [9.17, 15) is 4.79 Å². The molecule has 1 aromatic heterocycles. The number of nitrogens with zero attached hydrogens (tertiary/aromatic N) is 2. The van der Waals surface area contributed by atoms with Crippen LogP contribution in [0.3, 0.4) is 0 Å². The van der Waals surface area contributed by atoms with Crippen LogP contribution in [0, 0.1) is 12.8 Å². The minimum absolute atomic E-state index is 0.229. The SMILES string of the molecule is Cc1cc(C(=O)NCCc2ccc(Cl)cc2Cl)nc(NCCC(C)C)n1. The third-order valence-corrected chi connectivity index (χ3v) is 4.37. The molecule has 0 bridgehead atoms. The molecule has 26 heavy (non-hydrogen) atoms. The molecule has 2 N–H and O–H groups in total. The lowest BCUT2D eigenvalue weighted by atomic mass is 10.1. The molecule has 7 heteroatoms. The van der Waals surface area contributed by atoms with Crippen LogP contribution in [0.5, 0.6) is 0 Å². The van der Waals surface area contributed by atoms with Crippen LogP contribution in [0.15, 0.2) is 24.3 Å². The summed E-state index contributed by atoms with van der Waals surface area (Å²) in [5.41, 5.74) is 2.04. The Hall–Kier alpha value is -1.85. The molecule has 0 aliphatic heterocycles. The summed E-state index contributed by atoms with van der Waals surface area (Å²) in [7, 11) is 0. The zero-order chi connectivity index (χ0) is 19.1. The van der Waals surface area contributed by atoms with E-state index in [1.54, 1.807) is 18.2 Å². The minimum Gasteiger partial charge on any atom is -0.354 e.